The highest BCUT2D eigenvalue weighted by molar-refractivity contribution is 5.12. The number of hydrogen-bond donors (Lipinski definition) is 2. The lowest BCUT2D eigenvalue weighted by Crippen LogP contribution is -2.20. The van der Waals surface area contributed by atoms with Crippen LogP contribution in [0.1, 0.15) is 11.3 Å². The number of nitrogens with two attached hydrogens (primary N) is 1. The molecule has 10 heavy (non-hydrogen) atoms. The monoisotopic (exact) mass is 137 g/mol. The van der Waals surface area contributed by atoms with E-state index >= 15 is 0 Å². The maximum absolute atomic E-state index is 5.12. The van der Waals surface area contributed by atoms with Gasteiger partial charge in [0.1, 0.15) is 0 Å². The average Bonchev–Trinajstić information content (AvgIpc) is 1.95. The van der Waals surface area contributed by atoms with E-state index in [9.17, 15) is 0 Å². The predicted octanol–water partition coefficient (Wildman–Crippen LogP) is 0.353. The van der Waals surface area contributed by atoms with Crippen molar-refractivity contribution in [1.82, 2.24) is 10.4 Å². The summed E-state index contributed by atoms with van der Waals surface area (Å²) in [6.45, 7) is 2.63. The molecule has 0 aliphatic heterocycles. The third kappa shape index (κ3) is 1.79. The summed E-state index contributed by atoms with van der Waals surface area (Å²) in [5.74, 6) is 5.12. The number of nitrogens with one attached hydrogen (secondary N) is 1. The number of aromatic nitrogens is 1. The van der Waals surface area contributed by atoms with Crippen molar-refractivity contribution >= 4 is 0 Å². The topological polar surface area (TPSA) is 50.9 Å². The fourth-order valence-corrected chi connectivity index (χ4v) is 0.721. The van der Waals surface area contributed by atoms with Gasteiger partial charge in [0.15, 0.2) is 0 Å². The summed E-state index contributed by atoms with van der Waals surface area (Å²) in [7, 11) is 0. The quantitative estimate of drug-likeness (QED) is 0.457. The summed E-state index contributed by atoms with van der Waals surface area (Å²) < 4.78 is 0. The molecule has 1 aromatic heterocycles. The van der Waals surface area contributed by atoms with Gasteiger partial charge >= 0.3 is 0 Å². The molecule has 1 rings (SSSR count). The first-order chi connectivity index (χ1) is 4.83. The number of nitrogens with zero attached hydrogens (tertiary/aromatic N) is 1. The minimum absolute atomic E-state index is 0.674. The normalized spacial score (nSPS) is 9.80. The molecule has 0 fully saturated rings. The average molecular weight is 137 g/mol. The van der Waals surface area contributed by atoms with Crippen LogP contribution in [0, 0.1) is 6.92 Å². The Bertz CT molecular complexity index is 193. The summed E-state index contributed by atoms with van der Waals surface area (Å²) in [6.07, 6.45) is 1.81. The lowest BCUT2D eigenvalue weighted by atomic mass is 10.2. The van der Waals surface area contributed by atoms with Crippen molar-refractivity contribution in [2.45, 2.75) is 13.5 Å². The molecular weight excluding hydrogens is 126 g/mol. The fourth-order valence-electron chi connectivity index (χ4n) is 0.721. The van der Waals surface area contributed by atoms with Crippen LogP contribution in [0.3, 0.4) is 0 Å². The third-order valence-corrected chi connectivity index (χ3v) is 1.28. The molecule has 0 saturated heterocycles. The van der Waals surface area contributed by atoms with Crippen molar-refractivity contribution in [2.24, 2.45) is 5.84 Å². The summed E-state index contributed by atoms with van der Waals surface area (Å²) in [4.78, 5) is 4.10. The van der Waals surface area contributed by atoms with Crippen LogP contribution in [0.25, 0.3) is 0 Å². The maximum Gasteiger partial charge on any atom is 0.0372 e. The molecule has 0 saturated carbocycles. The van der Waals surface area contributed by atoms with Crippen LogP contribution >= 0.6 is 0 Å². The molecule has 54 valence electrons. The van der Waals surface area contributed by atoms with Crippen molar-refractivity contribution in [3.05, 3.63) is 29.6 Å². The van der Waals surface area contributed by atoms with E-state index in [1.165, 1.54) is 0 Å². The van der Waals surface area contributed by atoms with Gasteiger partial charge in [0.25, 0.3) is 0 Å². The van der Waals surface area contributed by atoms with E-state index in [2.05, 4.69) is 10.4 Å². The molecule has 0 atom stereocenters. The van der Waals surface area contributed by atoms with Gasteiger partial charge in [-0.3, -0.25) is 16.3 Å². The van der Waals surface area contributed by atoms with E-state index in [4.69, 9.17) is 5.84 Å². The second-order valence-corrected chi connectivity index (χ2v) is 2.19. The minimum Gasteiger partial charge on any atom is -0.271 e. The molecule has 3 N–H and O–H groups in total. The summed E-state index contributed by atoms with van der Waals surface area (Å²) >= 11 is 0. The van der Waals surface area contributed by atoms with Gasteiger partial charge in [-0.1, -0.05) is 6.07 Å². The third-order valence-electron chi connectivity index (χ3n) is 1.28. The van der Waals surface area contributed by atoms with Crippen molar-refractivity contribution in [2.75, 3.05) is 0 Å². The minimum atomic E-state index is 0.674. The van der Waals surface area contributed by atoms with Crippen molar-refractivity contribution in [3.63, 3.8) is 0 Å². The molecule has 0 aliphatic rings. The van der Waals surface area contributed by atoms with Crippen LogP contribution in [0.15, 0.2) is 18.3 Å². The van der Waals surface area contributed by atoms with Gasteiger partial charge in [-0.2, -0.15) is 0 Å². The first kappa shape index (κ1) is 7.18. The number of rotatable bonds is 2. The number of hydrogen-bond acceptors (Lipinski definition) is 3. The summed E-state index contributed by atoms with van der Waals surface area (Å²) in [5.41, 5.74) is 4.70. The Morgan fingerprint density at radius 2 is 2.40 bits per heavy atom. The second kappa shape index (κ2) is 3.29. The fraction of sp³-hybridized carbons (Fsp3) is 0.286. The predicted molar refractivity (Wildman–Crippen MR) is 40.0 cm³/mol. The Balaban J connectivity index is 2.69. The second-order valence-electron chi connectivity index (χ2n) is 2.19. The Kier molecular flexibility index (Phi) is 2.36. The zero-order chi connectivity index (χ0) is 7.40. The smallest absolute Gasteiger partial charge is 0.0372 e. The summed E-state index contributed by atoms with van der Waals surface area (Å²) in [6, 6.07) is 3.97. The van der Waals surface area contributed by atoms with E-state index in [-0.39, 0.29) is 0 Å². The Hall–Kier alpha value is -0.930. The van der Waals surface area contributed by atoms with E-state index in [0.29, 0.717) is 6.54 Å². The number of hydrazine groups is 1. The molecular formula is C7H11N3. The number of pyridine rings is 1. The molecule has 0 aromatic carbocycles. The molecule has 0 amide bonds. The highest BCUT2D eigenvalue weighted by atomic mass is 15.2. The Morgan fingerprint density at radius 1 is 1.60 bits per heavy atom. The van der Waals surface area contributed by atoms with Gasteiger partial charge in [0.2, 0.25) is 0 Å². The van der Waals surface area contributed by atoms with E-state index in [1.54, 1.807) is 0 Å². The van der Waals surface area contributed by atoms with Crippen LogP contribution in [-0.2, 0) is 6.54 Å². The standard InChI is InChI=1S/C7H11N3/c1-6-2-3-7(4-9-6)5-10-8/h2-4,10H,5,8H2,1H3. The van der Waals surface area contributed by atoms with Crippen molar-refractivity contribution in [3.8, 4) is 0 Å². The zero-order valence-corrected chi connectivity index (χ0v) is 5.96. The largest absolute Gasteiger partial charge is 0.271 e. The lowest BCUT2D eigenvalue weighted by Gasteiger charge is -1.97. The molecule has 3 heteroatoms. The van der Waals surface area contributed by atoms with Crippen molar-refractivity contribution < 1.29 is 0 Å². The summed E-state index contributed by atoms with van der Waals surface area (Å²) in [5, 5.41) is 0. The van der Waals surface area contributed by atoms with Crippen LogP contribution < -0.4 is 11.3 Å². The molecule has 0 radical (unpaired) electrons. The molecule has 0 unspecified atom stereocenters. The zero-order valence-electron chi connectivity index (χ0n) is 5.96. The van der Waals surface area contributed by atoms with Gasteiger partial charge in [0.05, 0.1) is 0 Å². The van der Waals surface area contributed by atoms with Gasteiger partial charge in [-0.25, -0.2) is 0 Å². The van der Waals surface area contributed by atoms with Gasteiger partial charge in [0, 0.05) is 18.4 Å². The molecule has 1 aromatic rings. The van der Waals surface area contributed by atoms with E-state index in [0.717, 1.165) is 11.3 Å². The molecule has 0 bridgehead atoms. The first-order valence-electron chi connectivity index (χ1n) is 3.18. The molecule has 0 spiro atoms. The van der Waals surface area contributed by atoms with Crippen LogP contribution in [0.5, 0.6) is 0 Å². The van der Waals surface area contributed by atoms with Crippen molar-refractivity contribution in [1.29, 1.82) is 0 Å². The van der Waals surface area contributed by atoms with E-state index < -0.39 is 0 Å². The highest BCUT2D eigenvalue weighted by Gasteiger charge is 1.88. The number of aryl methyl sites for hydroxylation is 1. The highest BCUT2D eigenvalue weighted by Crippen LogP contribution is 1.97. The maximum atomic E-state index is 5.12. The van der Waals surface area contributed by atoms with Gasteiger partial charge < -0.3 is 0 Å². The van der Waals surface area contributed by atoms with Crippen LogP contribution in [-0.4, -0.2) is 4.98 Å². The molecule has 3 nitrogen and oxygen atoms in total. The Morgan fingerprint density at radius 3 is 2.90 bits per heavy atom. The van der Waals surface area contributed by atoms with Gasteiger partial charge in [-0.05, 0) is 18.6 Å². The van der Waals surface area contributed by atoms with E-state index in [1.807, 2.05) is 25.3 Å². The molecule has 1 heterocycles. The Labute approximate surface area is 60.2 Å². The first-order valence-corrected chi connectivity index (χ1v) is 3.18. The lowest BCUT2D eigenvalue weighted by molar-refractivity contribution is 0.738. The van der Waals surface area contributed by atoms with Crippen LogP contribution in [0.4, 0.5) is 0 Å². The molecule has 0 aliphatic carbocycles. The van der Waals surface area contributed by atoms with Gasteiger partial charge in [-0.15, -0.1) is 0 Å². The van der Waals surface area contributed by atoms with Crippen LogP contribution in [0.2, 0.25) is 0 Å². The SMILES string of the molecule is Cc1ccc(CNN)cn1.